The number of ether oxygens (including phenoxy) is 1. The lowest BCUT2D eigenvalue weighted by molar-refractivity contribution is -0.119. The van der Waals surface area contributed by atoms with Crippen LogP contribution in [0.4, 0.5) is 10.1 Å². The number of para-hydroxylation sites is 1. The van der Waals surface area contributed by atoms with Gasteiger partial charge in [-0.25, -0.2) is 12.8 Å². The minimum Gasteiger partial charge on any atom is -0.494 e. The number of anilines is 1. The van der Waals surface area contributed by atoms with Gasteiger partial charge in [0.2, 0.25) is 15.9 Å². The minimum atomic E-state index is -3.75. The average molecular weight is 380 g/mol. The van der Waals surface area contributed by atoms with Crippen LogP contribution >= 0.6 is 0 Å². The molecule has 0 saturated carbocycles. The van der Waals surface area contributed by atoms with Crippen molar-refractivity contribution in [2.75, 3.05) is 23.7 Å². The van der Waals surface area contributed by atoms with Crippen LogP contribution in [-0.4, -0.2) is 33.7 Å². The van der Waals surface area contributed by atoms with Gasteiger partial charge in [-0.15, -0.1) is 0 Å². The first-order chi connectivity index (χ1) is 12.3. The van der Waals surface area contributed by atoms with E-state index in [1.165, 1.54) is 18.2 Å². The van der Waals surface area contributed by atoms with E-state index in [4.69, 9.17) is 4.74 Å². The van der Waals surface area contributed by atoms with Crippen LogP contribution in [0.5, 0.6) is 5.75 Å². The molecule has 140 valence electrons. The Morgan fingerprint density at radius 3 is 2.58 bits per heavy atom. The molecule has 0 heterocycles. The van der Waals surface area contributed by atoms with Crippen molar-refractivity contribution in [1.29, 1.82) is 0 Å². The largest absolute Gasteiger partial charge is 0.494 e. The number of amides is 1. The van der Waals surface area contributed by atoms with Gasteiger partial charge in [0.05, 0.1) is 18.6 Å². The quantitative estimate of drug-likeness (QED) is 0.763. The van der Waals surface area contributed by atoms with E-state index >= 15 is 0 Å². The van der Waals surface area contributed by atoms with Gasteiger partial charge in [-0.1, -0.05) is 24.3 Å². The highest BCUT2D eigenvalue weighted by Crippen LogP contribution is 2.19. The Morgan fingerprint density at radius 2 is 1.92 bits per heavy atom. The van der Waals surface area contributed by atoms with Crippen molar-refractivity contribution in [1.82, 2.24) is 5.32 Å². The van der Waals surface area contributed by atoms with Crippen LogP contribution in [0.1, 0.15) is 12.5 Å². The first kappa shape index (κ1) is 19.7. The zero-order valence-electron chi connectivity index (χ0n) is 14.6. The van der Waals surface area contributed by atoms with E-state index < -0.39 is 28.3 Å². The second-order valence-corrected chi connectivity index (χ2v) is 7.47. The maximum absolute atomic E-state index is 13.4. The van der Waals surface area contributed by atoms with E-state index in [9.17, 15) is 17.6 Å². The summed E-state index contributed by atoms with van der Waals surface area (Å²) in [7, 11) is -3.75. The summed E-state index contributed by atoms with van der Waals surface area (Å²) in [6.07, 6.45) is 0.968. The summed E-state index contributed by atoms with van der Waals surface area (Å²) >= 11 is 0. The third kappa shape index (κ3) is 5.45. The molecule has 2 aromatic carbocycles. The number of sulfonamides is 1. The van der Waals surface area contributed by atoms with Gasteiger partial charge in [0.25, 0.3) is 0 Å². The summed E-state index contributed by atoms with van der Waals surface area (Å²) in [4.78, 5) is 12.2. The minimum absolute atomic E-state index is 0.0948. The van der Waals surface area contributed by atoms with Crippen molar-refractivity contribution in [3.05, 3.63) is 59.9 Å². The van der Waals surface area contributed by atoms with Crippen molar-refractivity contribution < 1.29 is 22.3 Å². The molecule has 0 saturated heterocycles. The Balaban J connectivity index is 2.09. The van der Waals surface area contributed by atoms with E-state index in [1.807, 2.05) is 25.1 Å². The van der Waals surface area contributed by atoms with Crippen LogP contribution in [0.15, 0.2) is 48.5 Å². The van der Waals surface area contributed by atoms with E-state index in [2.05, 4.69) is 5.32 Å². The van der Waals surface area contributed by atoms with Gasteiger partial charge < -0.3 is 10.1 Å². The molecular formula is C18H21FN2O4S. The fraction of sp³-hybridized carbons (Fsp3) is 0.278. The number of carbonyl (C=O) groups is 1. The number of benzene rings is 2. The van der Waals surface area contributed by atoms with Gasteiger partial charge in [0.1, 0.15) is 18.1 Å². The molecule has 8 heteroatoms. The van der Waals surface area contributed by atoms with Gasteiger partial charge in [-0.3, -0.25) is 9.10 Å². The smallest absolute Gasteiger partial charge is 0.241 e. The molecule has 2 aromatic rings. The summed E-state index contributed by atoms with van der Waals surface area (Å²) < 4.78 is 43.7. The number of nitrogens with one attached hydrogen (secondary N) is 1. The molecule has 1 amide bonds. The zero-order valence-corrected chi connectivity index (χ0v) is 15.4. The second-order valence-electron chi connectivity index (χ2n) is 5.57. The van der Waals surface area contributed by atoms with E-state index in [0.717, 1.165) is 22.2 Å². The molecule has 0 aliphatic rings. The van der Waals surface area contributed by atoms with Gasteiger partial charge in [-0.05, 0) is 31.2 Å². The van der Waals surface area contributed by atoms with Crippen LogP contribution < -0.4 is 14.4 Å². The number of carbonyl (C=O) groups excluding carboxylic acids is 1. The Labute approximate surface area is 152 Å². The highest BCUT2D eigenvalue weighted by Gasteiger charge is 2.21. The molecule has 0 aromatic heterocycles. The fourth-order valence-corrected chi connectivity index (χ4v) is 3.21. The number of hydrogen-bond acceptors (Lipinski definition) is 4. The molecule has 0 aliphatic heterocycles. The van der Waals surface area contributed by atoms with E-state index in [1.54, 1.807) is 6.07 Å². The third-order valence-electron chi connectivity index (χ3n) is 3.53. The maximum atomic E-state index is 13.4. The summed E-state index contributed by atoms with van der Waals surface area (Å²) in [6, 6.07) is 12.3. The first-order valence-corrected chi connectivity index (χ1v) is 9.86. The maximum Gasteiger partial charge on any atom is 0.241 e. The SMILES string of the molecule is CCOc1ccccc1CNC(=O)CN(c1cccc(F)c1)S(C)(=O)=O. The van der Waals surface area contributed by atoms with Crippen LogP contribution in [0, 0.1) is 5.82 Å². The van der Waals surface area contributed by atoms with Crippen LogP contribution in [0.3, 0.4) is 0 Å². The van der Waals surface area contributed by atoms with Gasteiger partial charge in [-0.2, -0.15) is 0 Å². The fourth-order valence-electron chi connectivity index (χ4n) is 2.36. The highest BCUT2D eigenvalue weighted by atomic mass is 32.2. The highest BCUT2D eigenvalue weighted by molar-refractivity contribution is 7.92. The summed E-state index contributed by atoms with van der Waals surface area (Å²) in [5, 5.41) is 2.67. The Morgan fingerprint density at radius 1 is 1.19 bits per heavy atom. The van der Waals surface area contributed by atoms with Gasteiger partial charge >= 0.3 is 0 Å². The van der Waals surface area contributed by atoms with Crippen molar-refractivity contribution in [2.24, 2.45) is 0 Å². The molecule has 0 spiro atoms. The molecular weight excluding hydrogens is 359 g/mol. The Bertz CT molecular complexity index is 871. The lowest BCUT2D eigenvalue weighted by atomic mass is 10.2. The third-order valence-corrected chi connectivity index (χ3v) is 4.67. The van der Waals surface area contributed by atoms with Gasteiger partial charge in [0.15, 0.2) is 0 Å². The van der Waals surface area contributed by atoms with Crippen LogP contribution in [-0.2, 0) is 21.4 Å². The van der Waals surface area contributed by atoms with E-state index in [-0.39, 0.29) is 12.2 Å². The average Bonchev–Trinajstić information content (AvgIpc) is 2.58. The predicted octanol–water partition coefficient (Wildman–Crippen LogP) is 2.31. The molecule has 0 aliphatic carbocycles. The number of halogens is 1. The summed E-state index contributed by atoms with van der Waals surface area (Å²) in [5.41, 5.74) is 0.872. The standard InChI is InChI=1S/C18H21FN2O4S/c1-3-25-17-10-5-4-7-14(17)12-20-18(22)13-21(26(2,23)24)16-9-6-8-15(19)11-16/h4-11H,3,12-13H2,1-2H3,(H,20,22). The van der Waals surface area contributed by atoms with Crippen molar-refractivity contribution in [2.45, 2.75) is 13.5 Å². The number of rotatable bonds is 8. The normalized spacial score (nSPS) is 11.0. The molecule has 0 radical (unpaired) electrons. The summed E-state index contributed by atoms with van der Waals surface area (Å²) in [6.45, 7) is 2.10. The lowest BCUT2D eigenvalue weighted by Gasteiger charge is -2.22. The molecule has 6 nitrogen and oxygen atoms in total. The predicted molar refractivity (Wildman–Crippen MR) is 98.0 cm³/mol. The number of nitrogens with zero attached hydrogens (tertiary/aromatic N) is 1. The molecule has 26 heavy (non-hydrogen) atoms. The Hall–Kier alpha value is -2.61. The molecule has 2 rings (SSSR count). The zero-order chi connectivity index (χ0) is 19.2. The molecule has 0 unspecified atom stereocenters. The molecule has 0 fully saturated rings. The molecule has 0 atom stereocenters. The molecule has 1 N–H and O–H groups in total. The number of hydrogen-bond donors (Lipinski definition) is 1. The van der Waals surface area contributed by atoms with Crippen molar-refractivity contribution in [3.63, 3.8) is 0 Å². The van der Waals surface area contributed by atoms with Crippen molar-refractivity contribution >= 4 is 21.6 Å². The Kier molecular flexibility index (Phi) is 6.57. The molecule has 0 bridgehead atoms. The first-order valence-electron chi connectivity index (χ1n) is 8.02. The summed E-state index contributed by atoms with van der Waals surface area (Å²) in [5.74, 6) is -0.436. The topological polar surface area (TPSA) is 75.7 Å². The lowest BCUT2D eigenvalue weighted by Crippen LogP contribution is -2.40. The van der Waals surface area contributed by atoms with Crippen molar-refractivity contribution in [3.8, 4) is 5.75 Å². The monoisotopic (exact) mass is 380 g/mol. The van der Waals surface area contributed by atoms with Gasteiger partial charge in [0, 0.05) is 12.1 Å². The van der Waals surface area contributed by atoms with Crippen LogP contribution in [0.25, 0.3) is 0 Å². The second kappa shape index (κ2) is 8.66. The van der Waals surface area contributed by atoms with Crippen LogP contribution in [0.2, 0.25) is 0 Å². The van der Waals surface area contributed by atoms with E-state index in [0.29, 0.717) is 12.4 Å².